The Morgan fingerprint density at radius 2 is 1.08 bits per heavy atom. The number of nitrogens with zero attached hydrogens (tertiary/aromatic N) is 2. The predicted molar refractivity (Wildman–Crippen MR) is 170 cm³/mol. The number of hydrogen-bond donors (Lipinski definition) is 0. The fourth-order valence-corrected chi connectivity index (χ4v) is 4.69. The van der Waals surface area contributed by atoms with Gasteiger partial charge < -0.3 is 23.7 Å². The van der Waals surface area contributed by atoms with Crippen molar-refractivity contribution in [2.45, 2.75) is 25.6 Å². The highest BCUT2D eigenvalue weighted by molar-refractivity contribution is 6.32. The number of ether oxygens (including phenoxy) is 5. The van der Waals surface area contributed by atoms with Gasteiger partial charge in [-0.1, -0.05) is 23.2 Å². The minimum Gasteiger partial charge on any atom is -0.456 e. The molecule has 0 heterocycles. The van der Waals surface area contributed by atoms with Gasteiger partial charge in [0.15, 0.2) is 0 Å². The first-order valence-electron chi connectivity index (χ1n) is 14.4. The van der Waals surface area contributed by atoms with E-state index in [1.165, 1.54) is 6.92 Å². The number of nitro groups is 2. The molecule has 0 aliphatic carbocycles. The maximum Gasteiger partial charge on any atom is 0.416 e. The normalized spacial score (nSPS) is 11.6. The van der Waals surface area contributed by atoms with Gasteiger partial charge in [-0.25, -0.2) is 9.59 Å². The first-order chi connectivity index (χ1) is 24.8. The summed E-state index contributed by atoms with van der Waals surface area (Å²) in [5.74, 6) is -4.26. The number of alkyl halides is 6. The van der Waals surface area contributed by atoms with Crippen LogP contribution in [0.4, 0.5) is 37.7 Å². The third kappa shape index (κ3) is 10.2. The summed E-state index contributed by atoms with van der Waals surface area (Å²) >= 11 is 11.8. The molecule has 0 amide bonds. The van der Waals surface area contributed by atoms with E-state index >= 15 is 0 Å². The summed E-state index contributed by atoms with van der Waals surface area (Å²) in [7, 11) is 0. The SMILES string of the molecule is CCOCC(OC(=O)c1cc(Oc2ccc(C(F)(F)F)cc2Cl)ccc1[N+](=O)[O-])OC(=O)c1cc(Oc2ccc(C(F)(F)F)cc2Cl)ccc1[N+](=O)[O-]. The van der Waals surface area contributed by atoms with Crippen molar-refractivity contribution >= 4 is 46.5 Å². The smallest absolute Gasteiger partial charge is 0.416 e. The Balaban J connectivity index is 1.60. The second-order valence-corrected chi connectivity index (χ2v) is 11.1. The molecule has 0 N–H and O–H groups in total. The molecule has 4 rings (SSSR count). The summed E-state index contributed by atoms with van der Waals surface area (Å²) in [4.78, 5) is 48.0. The molecule has 0 atom stereocenters. The van der Waals surface area contributed by atoms with Gasteiger partial charge in [0.25, 0.3) is 17.7 Å². The molecule has 4 aromatic carbocycles. The zero-order chi connectivity index (χ0) is 39.2. The third-order valence-electron chi connectivity index (χ3n) is 6.68. The second-order valence-electron chi connectivity index (χ2n) is 10.3. The Labute approximate surface area is 302 Å². The average molecular weight is 793 g/mol. The molecule has 0 fully saturated rings. The van der Waals surface area contributed by atoms with Crippen LogP contribution in [0.5, 0.6) is 23.0 Å². The summed E-state index contributed by atoms with van der Waals surface area (Å²) in [5, 5.41) is 22.5. The molecule has 53 heavy (non-hydrogen) atoms. The van der Waals surface area contributed by atoms with Crippen LogP contribution < -0.4 is 9.47 Å². The number of halogens is 8. The largest absolute Gasteiger partial charge is 0.456 e. The maximum atomic E-state index is 13.2. The van der Waals surface area contributed by atoms with Crippen molar-refractivity contribution in [2.75, 3.05) is 13.2 Å². The van der Waals surface area contributed by atoms with Gasteiger partial charge in [-0.05, 0) is 55.5 Å². The average Bonchev–Trinajstić information content (AvgIpc) is 3.07. The maximum absolute atomic E-state index is 13.2. The van der Waals surface area contributed by atoms with E-state index in [9.17, 15) is 56.2 Å². The summed E-state index contributed by atoms with van der Waals surface area (Å²) in [6.45, 7) is 0.765. The number of rotatable bonds is 13. The molecule has 0 aliphatic rings. The molecule has 4 aromatic rings. The van der Waals surface area contributed by atoms with E-state index in [4.69, 9.17) is 46.9 Å². The Hall–Kier alpha value is -5.66. The van der Waals surface area contributed by atoms with E-state index in [-0.39, 0.29) is 29.6 Å². The molecular formula is C32H20Cl2F6N2O11. The minimum atomic E-state index is -4.72. The lowest BCUT2D eigenvalue weighted by atomic mass is 10.1. The van der Waals surface area contributed by atoms with Crippen LogP contribution in [0.15, 0.2) is 72.8 Å². The van der Waals surface area contributed by atoms with Crippen molar-refractivity contribution in [2.24, 2.45) is 0 Å². The first kappa shape index (κ1) is 40.1. The summed E-state index contributed by atoms with van der Waals surface area (Å²) in [6, 6.07) is 9.43. The molecule has 0 bridgehead atoms. The molecule has 0 saturated heterocycles. The Morgan fingerprint density at radius 1 is 0.679 bits per heavy atom. The summed E-state index contributed by atoms with van der Waals surface area (Å²) in [6.07, 6.45) is -11.4. The molecule has 0 radical (unpaired) electrons. The van der Waals surface area contributed by atoms with E-state index < -0.39 is 90.7 Å². The van der Waals surface area contributed by atoms with Crippen molar-refractivity contribution in [3.05, 3.63) is 125 Å². The van der Waals surface area contributed by atoms with E-state index in [0.29, 0.717) is 24.3 Å². The van der Waals surface area contributed by atoms with Crippen LogP contribution in [-0.2, 0) is 26.6 Å². The summed E-state index contributed by atoms with van der Waals surface area (Å²) < 4.78 is 105. The monoisotopic (exact) mass is 792 g/mol. The topological polar surface area (TPSA) is 167 Å². The Morgan fingerprint density at radius 3 is 1.40 bits per heavy atom. The molecule has 280 valence electrons. The van der Waals surface area contributed by atoms with E-state index in [0.717, 1.165) is 48.5 Å². The van der Waals surface area contributed by atoms with Crippen molar-refractivity contribution in [1.29, 1.82) is 0 Å². The number of benzene rings is 4. The lowest BCUT2D eigenvalue weighted by Gasteiger charge is -2.19. The van der Waals surface area contributed by atoms with Gasteiger partial charge in [-0.2, -0.15) is 26.3 Å². The number of carbonyl (C=O) groups excluding carboxylic acids is 2. The Kier molecular flexibility index (Phi) is 12.4. The van der Waals surface area contributed by atoms with Gasteiger partial charge in [0.05, 0.1) is 31.0 Å². The van der Waals surface area contributed by atoms with Crippen LogP contribution in [0, 0.1) is 20.2 Å². The number of nitro benzene ring substituents is 2. The third-order valence-corrected chi connectivity index (χ3v) is 7.27. The Bertz CT molecular complexity index is 1920. The zero-order valence-corrected chi connectivity index (χ0v) is 27.8. The van der Waals surface area contributed by atoms with Crippen LogP contribution >= 0.6 is 23.2 Å². The highest BCUT2D eigenvalue weighted by Crippen LogP contribution is 2.39. The van der Waals surface area contributed by atoms with Gasteiger partial charge in [-0.3, -0.25) is 20.2 Å². The molecule has 21 heteroatoms. The quantitative estimate of drug-likeness (QED) is 0.0416. The lowest BCUT2D eigenvalue weighted by Crippen LogP contribution is -2.30. The van der Waals surface area contributed by atoms with Crippen LogP contribution in [0.25, 0.3) is 0 Å². The molecule has 0 saturated carbocycles. The highest BCUT2D eigenvalue weighted by atomic mass is 35.5. The predicted octanol–water partition coefficient (Wildman–Crippen LogP) is 9.81. The van der Waals surface area contributed by atoms with E-state index in [1.54, 1.807) is 0 Å². The van der Waals surface area contributed by atoms with Gasteiger partial charge in [0.1, 0.15) is 40.7 Å². The second kappa shape index (κ2) is 16.3. The number of hydrogen-bond acceptors (Lipinski definition) is 11. The lowest BCUT2D eigenvalue weighted by molar-refractivity contribution is -0.385. The molecular weight excluding hydrogens is 773 g/mol. The fraction of sp³-hybridized carbons (Fsp3) is 0.188. The van der Waals surface area contributed by atoms with Crippen molar-refractivity contribution in [3.8, 4) is 23.0 Å². The van der Waals surface area contributed by atoms with Crippen molar-refractivity contribution < 1.29 is 69.5 Å². The highest BCUT2D eigenvalue weighted by Gasteiger charge is 2.33. The van der Waals surface area contributed by atoms with Crippen LogP contribution in [0.1, 0.15) is 38.8 Å². The molecule has 0 unspecified atom stereocenters. The van der Waals surface area contributed by atoms with Gasteiger partial charge in [0, 0.05) is 30.9 Å². The van der Waals surface area contributed by atoms with Crippen molar-refractivity contribution in [3.63, 3.8) is 0 Å². The van der Waals surface area contributed by atoms with Crippen molar-refractivity contribution in [1.82, 2.24) is 0 Å². The number of carbonyl (C=O) groups is 2. The first-order valence-corrected chi connectivity index (χ1v) is 15.2. The molecule has 0 aromatic heterocycles. The van der Waals surface area contributed by atoms with Crippen LogP contribution in [0.2, 0.25) is 10.0 Å². The van der Waals surface area contributed by atoms with Crippen LogP contribution in [-0.4, -0.2) is 41.3 Å². The van der Waals surface area contributed by atoms with Gasteiger partial charge in [-0.15, -0.1) is 0 Å². The number of esters is 2. The summed E-state index contributed by atoms with van der Waals surface area (Å²) in [5.41, 5.74) is -5.45. The van der Waals surface area contributed by atoms with Crippen LogP contribution in [0.3, 0.4) is 0 Å². The van der Waals surface area contributed by atoms with Gasteiger partial charge >= 0.3 is 24.3 Å². The minimum absolute atomic E-state index is 0.0413. The molecule has 0 aliphatic heterocycles. The zero-order valence-electron chi connectivity index (χ0n) is 26.3. The molecule has 0 spiro atoms. The van der Waals surface area contributed by atoms with E-state index in [1.807, 2.05) is 0 Å². The van der Waals surface area contributed by atoms with Gasteiger partial charge in [0.2, 0.25) is 0 Å². The fourth-order valence-electron chi connectivity index (χ4n) is 4.25. The molecule has 13 nitrogen and oxygen atoms in total. The van der Waals surface area contributed by atoms with E-state index in [2.05, 4.69) is 0 Å². The standard InChI is InChI=1S/C32H20Cl2F6N2O11/c1-2-49-15-28(52-29(43)20-13-18(5-7-24(20)41(45)46)50-26-9-3-16(11-22(26)33)31(35,36)37)53-30(44)21-14-19(6-8-25(21)42(47)48)51-27-10-4-17(12-23(27)34)32(38,39)40/h3-14,28H,2,15H2,1H3.